The summed E-state index contributed by atoms with van der Waals surface area (Å²) in [7, 11) is 0. The highest BCUT2D eigenvalue weighted by Crippen LogP contribution is 2.11. The number of carbonyl (C=O) groups is 1. The Hall–Kier alpha value is -1.05. The van der Waals surface area contributed by atoms with Gasteiger partial charge >= 0.3 is 5.97 Å². The second-order valence-corrected chi connectivity index (χ2v) is 5.45. The van der Waals surface area contributed by atoms with E-state index in [9.17, 15) is 4.79 Å². The van der Waals surface area contributed by atoms with Gasteiger partial charge in [0.05, 0.1) is 0 Å². The molecule has 0 aromatic heterocycles. The highest BCUT2D eigenvalue weighted by molar-refractivity contribution is 5.66. The third kappa shape index (κ3) is 16.9. The molecule has 0 spiro atoms. The summed E-state index contributed by atoms with van der Waals surface area (Å²) in [5, 5.41) is 8.51. The van der Waals surface area contributed by atoms with Crippen LogP contribution in [-0.2, 0) is 4.79 Å². The van der Waals surface area contributed by atoms with E-state index in [0.29, 0.717) is 6.42 Å². The van der Waals surface area contributed by atoms with E-state index in [4.69, 9.17) is 5.11 Å². The molecule has 20 heavy (non-hydrogen) atoms. The maximum atomic E-state index is 10.3. The van der Waals surface area contributed by atoms with Crippen LogP contribution in [0.1, 0.15) is 83.5 Å². The summed E-state index contributed by atoms with van der Waals surface area (Å²) in [5.41, 5.74) is 0. The Labute approximate surface area is 125 Å². The summed E-state index contributed by atoms with van der Waals surface area (Å²) in [6.45, 7) is 3.71. The van der Waals surface area contributed by atoms with Crippen molar-refractivity contribution in [1.29, 1.82) is 0 Å². The van der Waals surface area contributed by atoms with Crippen molar-refractivity contribution in [3.63, 3.8) is 0 Å². The molecular formula is C18H32O2. The molecule has 2 nitrogen and oxygen atoms in total. The molecule has 0 aliphatic rings. The Morgan fingerprint density at radius 3 is 1.80 bits per heavy atom. The molecule has 0 atom stereocenters. The molecule has 0 fully saturated rings. The monoisotopic (exact) mass is 280 g/mol. The number of hydrogen-bond acceptors (Lipinski definition) is 1. The lowest BCUT2D eigenvalue weighted by atomic mass is 10.1. The van der Waals surface area contributed by atoms with Crippen molar-refractivity contribution in [1.82, 2.24) is 0 Å². The van der Waals surface area contributed by atoms with Crippen LogP contribution in [0.15, 0.2) is 24.8 Å². The van der Waals surface area contributed by atoms with Crippen LogP contribution >= 0.6 is 0 Å². The number of rotatable bonds is 15. The summed E-state index contributed by atoms with van der Waals surface area (Å²) in [5.74, 6) is -0.663. The standard InChI is InChI=1S/C18H32O2/c1-2-3-4-5-6-7-8-9-10-11-12-13-14-15-16-17-18(19)20/h2,5-6H,1,3-4,7-17H2,(H,19,20)/b6-5+. The van der Waals surface area contributed by atoms with Gasteiger partial charge in [0.25, 0.3) is 0 Å². The average Bonchev–Trinajstić information content (AvgIpc) is 2.43. The summed E-state index contributed by atoms with van der Waals surface area (Å²) >= 11 is 0. The molecule has 0 bridgehead atoms. The van der Waals surface area contributed by atoms with Crippen LogP contribution in [0, 0.1) is 0 Å². The van der Waals surface area contributed by atoms with E-state index in [1.807, 2.05) is 6.08 Å². The van der Waals surface area contributed by atoms with E-state index in [2.05, 4.69) is 18.7 Å². The number of hydrogen-bond donors (Lipinski definition) is 1. The van der Waals surface area contributed by atoms with E-state index < -0.39 is 5.97 Å². The van der Waals surface area contributed by atoms with Crippen LogP contribution in [0.25, 0.3) is 0 Å². The SMILES string of the molecule is C=CCC/C=C/CCCCCCCCCCCC(=O)O. The molecule has 0 rings (SSSR count). The summed E-state index contributed by atoms with van der Waals surface area (Å²) in [6.07, 6.45) is 21.3. The van der Waals surface area contributed by atoms with Crippen molar-refractivity contribution in [3.05, 3.63) is 24.8 Å². The van der Waals surface area contributed by atoms with Gasteiger partial charge in [0.2, 0.25) is 0 Å². The number of allylic oxidation sites excluding steroid dienone is 3. The van der Waals surface area contributed by atoms with Gasteiger partial charge in [0.15, 0.2) is 0 Å². The van der Waals surface area contributed by atoms with E-state index in [-0.39, 0.29) is 0 Å². The third-order valence-electron chi connectivity index (χ3n) is 3.47. The van der Waals surface area contributed by atoms with Crippen molar-refractivity contribution < 1.29 is 9.90 Å². The molecule has 0 heterocycles. The first-order valence-electron chi connectivity index (χ1n) is 8.25. The Balaban J connectivity index is 3.04. The molecule has 0 aliphatic heterocycles. The molecule has 0 aromatic carbocycles. The van der Waals surface area contributed by atoms with Gasteiger partial charge in [0.1, 0.15) is 0 Å². The predicted molar refractivity (Wildman–Crippen MR) is 87.0 cm³/mol. The van der Waals surface area contributed by atoms with E-state index in [0.717, 1.165) is 25.7 Å². The van der Waals surface area contributed by atoms with Gasteiger partial charge in [0, 0.05) is 6.42 Å². The van der Waals surface area contributed by atoms with Gasteiger partial charge in [-0.25, -0.2) is 0 Å². The zero-order chi connectivity index (χ0) is 14.9. The fourth-order valence-corrected chi connectivity index (χ4v) is 2.23. The van der Waals surface area contributed by atoms with Crippen LogP contribution in [0.2, 0.25) is 0 Å². The molecule has 0 saturated heterocycles. The van der Waals surface area contributed by atoms with Gasteiger partial charge in [-0.3, -0.25) is 4.79 Å². The molecule has 0 amide bonds. The maximum absolute atomic E-state index is 10.3. The molecule has 0 saturated carbocycles. The number of carboxylic acid groups (broad SMARTS) is 1. The van der Waals surface area contributed by atoms with Crippen LogP contribution in [0.4, 0.5) is 0 Å². The minimum absolute atomic E-state index is 0.334. The van der Waals surface area contributed by atoms with Crippen LogP contribution in [0.5, 0.6) is 0 Å². The fraction of sp³-hybridized carbons (Fsp3) is 0.722. The van der Waals surface area contributed by atoms with E-state index >= 15 is 0 Å². The number of unbranched alkanes of at least 4 members (excludes halogenated alkanes) is 10. The largest absolute Gasteiger partial charge is 0.481 e. The third-order valence-corrected chi connectivity index (χ3v) is 3.47. The van der Waals surface area contributed by atoms with Gasteiger partial charge in [-0.2, -0.15) is 0 Å². The van der Waals surface area contributed by atoms with Gasteiger partial charge in [-0.15, -0.1) is 6.58 Å². The topological polar surface area (TPSA) is 37.3 Å². The van der Waals surface area contributed by atoms with Crippen molar-refractivity contribution >= 4 is 5.97 Å². The second-order valence-electron chi connectivity index (χ2n) is 5.45. The van der Waals surface area contributed by atoms with Crippen molar-refractivity contribution in [2.24, 2.45) is 0 Å². The van der Waals surface area contributed by atoms with E-state index in [1.54, 1.807) is 0 Å². The molecule has 0 aromatic rings. The Morgan fingerprint density at radius 2 is 1.25 bits per heavy atom. The molecule has 0 unspecified atom stereocenters. The summed E-state index contributed by atoms with van der Waals surface area (Å²) < 4.78 is 0. The Morgan fingerprint density at radius 1 is 0.750 bits per heavy atom. The van der Waals surface area contributed by atoms with E-state index in [1.165, 1.54) is 51.4 Å². The number of carboxylic acids is 1. The van der Waals surface area contributed by atoms with Crippen molar-refractivity contribution in [2.45, 2.75) is 83.5 Å². The van der Waals surface area contributed by atoms with Crippen LogP contribution < -0.4 is 0 Å². The van der Waals surface area contributed by atoms with Crippen LogP contribution in [-0.4, -0.2) is 11.1 Å². The predicted octanol–water partition coefficient (Wildman–Crippen LogP) is 5.88. The molecule has 2 heteroatoms. The normalized spacial score (nSPS) is 11.0. The first kappa shape index (κ1) is 18.9. The Bertz CT molecular complexity index is 256. The van der Waals surface area contributed by atoms with Crippen molar-refractivity contribution in [3.8, 4) is 0 Å². The van der Waals surface area contributed by atoms with Gasteiger partial charge in [-0.05, 0) is 32.1 Å². The number of aliphatic carboxylic acids is 1. The fourth-order valence-electron chi connectivity index (χ4n) is 2.23. The van der Waals surface area contributed by atoms with Crippen LogP contribution in [0.3, 0.4) is 0 Å². The average molecular weight is 280 g/mol. The lowest BCUT2D eigenvalue weighted by Gasteiger charge is -2.01. The van der Waals surface area contributed by atoms with Gasteiger partial charge in [-0.1, -0.05) is 63.2 Å². The molecule has 0 aliphatic carbocycles. The summed E-state index contributed by atoms with van der Waals surface area (Å²) in [6, 6.07) is 0. The smallest absolute Gasteiger partial charge is 0.303 e. The summed E-state index contributed by atoms with van der Waals surface area (Å²) in [4.78, 5) is 10.3. The minimum atomic E-state index is -0.663. The first-order chi connectivity index (χ1) is 9.77. The molecular weight excluding hydrogens is 248 g/mol. The minimum Gasteiger partial charge on any atom is -0.481 e. The quantitative estimate of drug-likeness (QED) is 0.300. The highest BCUT2D eigenvalue weighted by atomic mass is 16.4. The lowest BCUT2D eigenvalue weighted by molar-refractivity contribution is -0.137. The highest BCUT2D eigenvalue weighted by Gasteiger charge is 1.96. The lowest BCUT2D eigenvalue weighted by Crippen LogP contribution is -1.93. The van der Waals surface area contributed by atoms with Gasteiger partial charge < -0.3 is 5.11 Å². The molecule has 116 valence electrons. The maximum Gasteiger partial charge on any atom is 0.303 e. The molecule has 1 N–H and O–H groups in total. The van der Waals surface area contributed by atoms with Crippen molar-refractivity contribution in [2.75, 3.05) is 0 Å². The zero-order valence-electron chi connectivity index (χ0n) is 13.0. The first-order valence-corrected chi connectivity index (χ1v) is 8.25. The zero-order valence-corrected chi connectivity index (χ0v) is 13.0. The molecule has 0 radical (unpaired) electrons. The Kier molecular flexibility index (Phi) is 15.2. The second kappa shape index (κ2) is 16.0.